The number of esters is 2. The molecule has 0 aromatic heterocycles. The van der Waals surface area contributed by atoms with Gasteiger partial charge in [0.25, 0.3) is 0 Å². The highest BCUT2D eigenvalue weighted by molar-refractivity contribution is 5.95. The van der Waals surface area contributed by atoms with Gasteiger partial charge in [-0.15, -0.1) is 0 Å². The molecule has 2 bridgehead atoms. The Morgan fingerprint density at radius 1 is 1.12 bits per heavy atom. The lowest BCUT2D eigenvalue weighted by Gasteiger charge is -2.35. The lowest BCUT2D eigenvalue weighted by atomic mass is 9.66. The van der Waals surface area contributed by atoms with Gasteiger partial charge in [0.1, 0.15) is 6.10 Å². The van der Waals surface area contributed by atoms with Crippen molar-refractivity contribution in [1.29, 1.82) is 0 Å². The van der Waals surface area contributed by atoms with Gasteiger partial charge in [-0.3, -0.25) is 4.79 Å². The van der Waals surface area contributed by atoms with Gasteiger partial charge < -0.3 is 9.47 Å². The highest BCUT2D eigenvalue weighted by Crippen LogP contribution is 2.66. The molecule has 0 N–H and O–H groups in total. The molecule has 0 spiro atoms. The molecular weight excluding hydrogens is 328 g/mol. The fourth-order valence-corrected chi connectivity index (χ4v) is 5.23. The largest absolute Gasteiger partial charge is 0.454 e. The zero-order chi connectivity index (χ0) is 18.3. The van der Waals surface area contributed by atoms with Crippen molar-refractivity contribution in [1.82, 2.24) is 0 Å². The number of carbonyl (C=O) groups excluding carboxylic acids is 2. The standard InChI is InChI=1S/C22H22O4/c1-20(2)21(3)10-11-22(20,26-18(21)23)19(24)25-16-12-14-8-4-6-13-7-5-9-15(16)17(13)14/h4-9,16H,10-12H2,1-3H3/t16?,21?,22-/m1/s1. The van der Waals surface area contributed by atoms with Crippen LogP contribution in [0.3, 0.4) is 0 Å². The first-order valence-corrected chi connectivity index (χ1v) is 9.25. The van der Waals surface area contributed by atoms with E-state index in [1.807, 2.05) is 39.0 Å². The monoisotopic (exact) mass is 350 g/mol. The number of hydrogen-bond donors (Lipinski definition) is 0. The average molecular weight is 350 g/mol. The average Bonchev–Trinajstić information content (AvgIpc) is 3.11. The summed E-state index contributed by atoms with van der Waals surface area (Å²) in [5.41, 5.74) is -0.115. The first-order valence-electron chi connectivity index (χ1n) is 9.25. The molecule has 1 aliphatic heterocycles. The van der Waals surface area contributed by atoms with Gasteiger partial charge in [-0.2, -0.15) is 0 Å². The number of rotatable bonds is 2. The van der Waals surface area contributed by atoms with E-state index < -0.39 is 22.4 Å². The Labute approximate surface area is 152 Å². The summed E-state index contributed by atoms with van der Waals surface area (Å²) in [5, 5.41) is 2.35. The summed E-state index contributed by atoms with van der Waals surface area (Å²) in [4.78, 5) is 25.7. The van der Waals surface area contributed by atoms with Crippen LogP contribution >= 0.6 is 0 Å². The maximum Gasteiger partial charge on any atom is 0.351 e. The fraction of sp³-hybridized carbons (Fsp3) is 0.455. The number of fused-ring (bicyclic) bond motifs is 2. The summed E-state index contributed by atoms with van der Waals surface area (Å²) < 4.78 is 11.7. The predicted octanol–water partition coefficient (Wildman–Crippen LogP) is 4.10. The molecule has 1 saturated heterocycles. The van der Waals surface area contributed by atoms with E-state index in [9.17, 15) is 9.59 Å². The Kier molecular flexibility index (Phi) is 2.85. The van der Waals surface area contributed by atoms with Gasteiger partial charge in [0, 0.05) is 17.4 Å². The van der Waals surface area contributed by atoms with Crippen LogP contribution in [0, 0.1) is 10.8 Å². The topological polar surface area (TPSA) is 52.6 Å². The van der Waals surface area contributed by atoms with Crippen LogP contribution in [0.2, 0.25) is 0 Å². The second-order valence-electron chi connectivity index (χ2n) is 8.63. The van der Waals surface area contributed by atoms with E-state index in [1.165, 1.54) is 10.9 Å². The second-order valence-corrected chi connectivity index (χ2v) is 8.63. The lowest BCUT2D eigenvalue weighted by molar-refractivity contribution is -0.187. The quantitative estimate of drug-likeness (QED) is 0.765. The molecule has 1 saturated carbocycles. The molecule has 1 heterocycles. The molecule has 0 radical (unpaired) electrons. The van der Waals surface area contributed by atoms with Crippen molar-refractivity contribution < 1.29 is 19.1 Å². The molecule has 5 rings (SSSR count). The van der Waals surface area contributed by atoms with Gasteiger partial charge in [-0.1, -0.05) is 50.2 Å². The summed E-state index contributed by atoms with van der Waals surface area (Å²) >= 11 is 0. The number of benzene rings is 2. The first-order chi connectivity index (χ1) is 12.3. The minimum absolute atomic E-state index is 0.275. The van der Waals surface area contributed by atoms with Crippen LogP contribution in [0.15, 0.2) is 36.4 Å². The molecule has 2 aliphatic carbocycles. The Hall–Kier alpha value is -2.36. The van der Waals surface area contributed by atoms with Gasteiger partial charge in [0.2, 0.25) is 5.60 Å². The second kappa shape index (κ2) is 4.67. The normalized spacial score (nSPS) is 33.5. The molecule has 2 aromatic carbocycles. The van der Waals surface area contributed by atoms with Gasteiger partial charge in [0.05, 0.1) is 5.41 Å². The minimum atomic E-state index is -1.17. The fourth-order valence-electron chi connectivity index (χ4n) is 5.23. The molecule has 4 heteroatoms. The molecule has 26 heavy (non-hydrogen) atoms. The van der Waals surface area contributed by atoms with Crippen LogP contribution < -0.4 is 0 Å². The van der Waals surface area contributed by atoms with E-state index in [1.54, 1.807) is 0 Å². The van der Waals surface area contributed by atoms with Crippen LogP contribution in [-0.2, 0) is 25.5 Å². The summed E-state index contributed by atoms with van der Waals surface area (Å²) in [6.07, 6.45) is 1.55. The number of hydrogen-bond acceptors (Lipinski definition) is 4. The predicted molar refractivity (Wildman–Crippen MR) is 96.4 cm³/mol. The van der Waals surface area contributed by atoms with Gasteiger partial charge >= 0.3 is 11.9 Å². The third-order valence-corrected chi connectivity index (χ3v) is 7.44. The Balaban J connectivity index is 1.50. The Bertz CT molecular complexity index is 970. The van der Waals surface area contributed by atoms with Crippen molar-refractivity contribution in [2.24, 2.45) is 10.8 Å². The van der Waals surface area contributed by atoms with Gasteiger partial charge in [-0.25, -0.2) is 4.79 Å². The van der Waals surface area contributed by atoms with E-state index in [0.717, 1.165) is 10.9 Å². The van der Waals surface area contributed by atoms with Gasteiger partial charge in [0.15, 0.2) is 0 Å². The van der Waals surface area contributed by atoms with Gasteiger partial charge in [-0.05, 0) is 36.1 Å². The van der Waals surface area contributed by atoms with Crippen molar-refractivity contribution in [3.8, 4) is 0 Å². The maximum absolute atomic E-state index is 13.3. The molecule has 134 valence electrons. The van der Waals surface area contributed by atoms with E-state index in [0.29, 0.717) is 19.3 Å². The van der Waals surface area contributed by atoms with E-state index in [4.69, 9.17) is 9.47 Å². The van der Waals surface area contributed by atoms with Crippen LogP contribution in [0.5, 0.6) is 0 Å². The molecule has 0 amide bonds. The van der Waals surface area contributed by atoms with Crippen LogP contribution in [0.25, 0.3) is 10.8 Å². The van der Waals surface area contributed by atoms with Crippen molar-refractivity contribution in [2.75, 3.05) is 0 Å². The minimum Gasteiger partial charge on any atom is -0.454 e. The third-order valence-electron chi connectivity index (χ3n) is 7.44. The van der Waals surface area contributed by atoms with Crippen LogP contribution in [0.1, 0.15) is 50.8 Å². The molecular formula is C22H22O4. The Morgan fingerprint density at radius 2 is 1.85 bits per heavy atom. The zero-order valence-electron chi connectivity index (χ0n) is 15.3. The van der Waals surface area contributed by atoms with Crippen LogP contribution in [0.4, 0.5) is 0 Å². The lowest BCUT2D eigenvalue weighted by Crippen LogP contribution is -2.49. The summed E-state index contributed by atoms with van der Waals surface area (Å²) in [6.45, 7) is 5.82. The molecule has 2 fully saturated rings. The maximum atomic E-state index is 13.3. The smallest absolute Gasteiger partial charge is 0.351 e. The number of ether oxygens (including phenoxy) is 2. The molecule has 3 aliphatic rings. The van der Waals surface area contributed by atoms with E-state index >= 15 is 0 Å². The first kappa shape index (κ1) is 15.9. The molecule has 4 nitrogen and oxygen atoms in total. The number of carbonyl (C=O) groups is 2. The summed E-state index contributed by atoms with van der Waals surface area (Å²) in [5.74, 6) is -0.672. The third kappa shape index (κ3) is 1.61. The van der Waals surface area contributed by atoms with Crippen molar-refractivity contribution in [3.63, 3.8) is 0 Å². The highest BCUT2D eigenvalue weighted by atomic mass is 16.6. The summed E-state index contributed by atoms with van der Waals surface area (Å²) in [7, 11) is 0. The van der Waals surface area contributed by atoms with Crippen LogP contribution in [-0.4, -0.2) is 17.5 Å². The van der Waals surface area contributed by atoms with Crippen molar-refractivity contribution in [3.05, 3.63) is 47.5 Å². The molecule has 2 aromatic rings. The molecule has 2 unspecified atom stereocenters. The summed E-state index contributed by atoms with van der Waals surface area (Å²) in [6, 6.07) is 12.3. The van der Waals surface area contributed by atoms with Crippen molar-refractivity contribution >= 4 is 22.7 Å². The van der Waals surface area contributed by atoms with Crippen molar-refractivity contribution in [2.45, 2.75) is 51.7 Å². The van der Waals surface area contributed by atoms with E-state index in [2.05, 4.69) is 18.2 Å². The Morgan fingerprint density at radius 3 is 2.50 bits per heavy atom. The zero-order valence-corrected chi connectivity index (χ0v) is 15.3. The van der Waals surface area contributed by atoms with E-state index in [-0.39, 0.29) is 12.1 Å². The molecule has 3 atom stereocenters. The highest BCUT2D eigenvalue weighted by Gasteiger charge is 2.76. The SMILES string of the molecule is CC12CC[C@](C(=O)OC3Cc4cccc5cccc3c45)(OC1=O)C2(C)C.